The van der Waals surface area contributed by atoms with E-state index in [4.69, 9.17) is 17.7 Å². The molecule has 0 atom stereocenters. The van der Waals surface area contributed by atoms with Crippen molar-refractivity contribution in [3.8, 4) is 0 Å². The first-order chi connectivity index (χ1) is 19.5. The highest BCUT2D eigenvalue weighted by molar-refractivity contribution is 5.41. The smallest absolute Gasteiger partial charge is 0.117 e. The summed E-state index contributed by atoms with van der Waals surface area (Å²) in [5, 5.41) is 0. The molecule has 2 saturated carbocycles. The topological polar surface area (TPSA) is 52.6 Å². The third-order valence-electron chi connectivity index (χ3n) is 11.5. The van der Waals surface area contributed by atoms with E-state index in [-0.39, 0.29) is 21.7 Å². The minimum atomic E-state index is -0.310. The summed E-state index contributed by atoms with van der Waals surface area (Å²) in [7, 11) is 0. The molecule has 8 bridgehead atoms. The second-order valence-corrected chi connectivity index (χ2v) is 12.8. The number of fused-ring (bicyclic) bond motifs is 12. The van der Waals surface area contributed by atoms with Crippen molar-refractivity contribution in [3.05, 3.63) is 94.6 Å². The summed E-state index contributed by atoms with van der Waals surface area (Å²) >= 11 is 0. The summed E-state index contributed by atoms with van der Waals surface area (Å²) < 4.78 is 27.8. The zero-order valence-electron chi connectivity index (χ0n) is 24.7. The SMILES string of the molecule is CCC1(CC)c2ccc(o2)C2(CCCC2)c2ccc(o2)C(CC)(CC)c2ccc(o2)C2(CCCC2)c2ccc1o2. The van der Waals surface area contributed by atoms with Crippen LogP contribution in [0.15, 0.2) is 66.2 Å². The Morgan fingerprint density at radius 1 is 0.400 bits per heavy atom. The van der Waals surface area contributed by atoms with Crippen LogP contribution >= 0.6 is 0 Å². The Kier molecular flexibility index (Phi) is 6.07. The first-order valence-corrected chi connectivity index (χ1v) is 15.9. The van der Waals surface area contributed by atoms with E-state index in [1.165, 1.54) is 25.7 Å². The van der Waals surface area contributed by atoms with Gasteiger partial charge in [-0.3, -0.25) is 0 Å². The molecule has 4 nitrogen and oxygen atoms in total. The Labute approximate surface area is 238 Å². The Morgan fingerprint density at radius 3 is 0.850 bits per heavy atom. The van der Waals surface area contributed by atoms with E-state index in [9.17, 15) is 0 Å². The molecule has 2 fully saturated rings. The van der Waals surface area contributed by atoms with Gasteiger partial charge in [-0.2, -0.15) is 0 Å². The van der Waals surface area contributed by atoms with Gasteiger partial charge < -0.3 is 17.7 Å². The molecule has 40 heavy (non-hydrogen) atoms. The van der Waals surface area contributed by atoms with Crippen molar-refractivity contribution in [2.24, 2.45) is 0 Å². The Morgan fingerprint density at radius 2 is 0.625 bits per heavy atom. The second kappa shape index (κ2) is 9.33. The molecular weight excluding hydrogens is 496 g/mol. The highest BCUT2D eigenvalue weighted by Crippen LogP contribution is 2.54. The van der Waals surface area contributed by atoms with Gasteiger partial charge >= 0.3 is 0 Å². The van der Waals surface area contributed by atoms with E-state index in [0.717, 1.165) is 97.4 Å². The van der Waals surface area contributed by atoms with Gasteiger partial charge in [0.25, 0.3) is 0 Å². The number of hydrogen-bond donors (Lipinski definition) is 0. The summed E-state index contributed by atoms with van der Waals surface area (Å²) in [4.78, 5) is 0. The lowest BCUT2D eigenvalue weighted by atomic mass is 9.77. The van der Waals surface area contributed by atoms with Gasteiger partial charge in [-0.25, -0.2) is 0 Å². The predicted molar refractivity (Wildman–Crippen MR) is 156 cm³/mol. The molecule has 1 aliphatic heterocycles. The largest absolute Gasteiger partial charge is 0.464 e. The Bertz CT molecular complexity index is 1190. The molecule has 7 rings (SSSR count). The van der Waals surface area contributed by atoms with Gasteiger partial charge in [-0.1, -0.05) is 53.4 Å². The molecule has 0 radical (unpaired) electrons. The van der Waals surface area contributed by atoms with Crippen LogP contribution in [0.2, 0.25) is 0 Å². The van der Waals surface area contributed by atoms with Crippen LogP contribution in [0.5, 0.6) is 0 Å². The third-order valence-corrected chi connectivity index (χ3v) is 11.5. The van der Waals surface area contributed by atoms with Crippen LogP contribution in [0.1, 0.15) is 151 Å². The second-order valence-electron chi connectivity index (χ2n) is 12.8. The zero-order chi connectivity index (χ0) is 27.6. The molecule has 5 heterocycles. The fourth-order valence-electron chi connectivity index (χ4n) is 8.73. The molecule has 4 heteroatoms. The van der Waals surface area contributed by atoms with E-state index < -0.39 is 0 Å². The standard InChI is InChI=1S/C36H44O4/c1-5-33(6-2)25-13-17-29(37-25)35(21-9-10-22-35)31-19-15-27(39-31)34(7-3,8-4)28-16-20-32(40-28)36(23-11-12-24-36)30-18-14-26(33)38-30/h13-20H,5-12,21-24H2,1-4H3. The fourth-order valence-corrected chi connectivity index (χ4v) is 8.73. The van der Waals surface area contributed by atoms with Gasteiger partial charge in [0.1, 0.15) is 46.1 Å². The maximum Gasteiger partial charge on any atom is 0.117 e. The summed E-state index contributed by atoms with van der Waals surface area (Å²) in [6.07, 6.45) is 12.5. The monoisotopic (exact) mass is 540 g/mol. The van der Waals surface area contributed by atoms with Crippen LogP contribution in [-0.2, 0) is 21.7 Å². The molecule has 212 valence electrons. The molecule has 0 N–H and O–H groups in total. The number of rotatable bonds is 4. The minimum Gasteiger partial charge on any atom is -0.464 e. The van der Waals surface area contributed by atoms with Crippen molar-refractivity contribution in [3.63, 3.8) is 0 Å². The van der Waals surface area contributed by atoms with Crippen molar-refractivity contribution in [2.45, 2.75) is 126 Å². The maximum atomic E-state index is 6.96. The molecular formula is C36H44O4. The molecule has 4 aromatic heterocycles. The quantitative estimate of drug-likeness (QED) is 0.258. The van der Waals surface area contributed by atoms with Crippen molar-refractivity contribution in [1.82, 2.24) is 0 Å². The zero-order valence-corrected chi connectivity index (χ0v) is 24.7. The molecule has 0 saturated heterocycles. The lowest BCUT2D eigenvalue weighted by molar-refractivity contribution is 0.229. The van der Waals surface area contributed by atoms with Crippen molar-refractivity contribution in [2.75, 3.05) is 0 Å². The summed E-state index contributed by atoms with van der Waals surface area (Å²) in [5.74, 6) is 8.20. The molecule has 2 spiro atoms. The average molecular weight is 541 g/mol. The van der Waals surface area contributed by atoms with Crippen LogP contribution in [0, 0.1) is 0 Å². The summed E-state index contributed by atoms with van der Waals surface area (Å²) in [5.41, 5.74) is -1.08. The van der Waals surface area contributed by atoms with Crippen molar-refractivity contribution in [1.29, 1.82) is 0 Å². The van der Waals surface area contributed by atoms with Gasteiger partial charge in [0.05, 0.1) is 21.7 Å². The summed E-state index contributed by atoms with van der Waals surface area (Å²) in [6.45, 7) is 9.04. The lowest BCUT2D eigenvalue weighted by Crippen LogP contribution is -2.27. The van der Waals surface area contributed by atoms with Crippen LogP contribution in [0.4, 0.5) is 0 Å². The van der Waals surface area contributed by atoms with Gasteiger partial charge in [-0.05, 0) is 99.9 Å². The van der Waals surface area contributed by atoms with E-state index in [0.29, 0.717) is 0 Å². The Balaban J connectivity index is 1.51. The lowest BCUT2D eigenvalue weighted by Gasteiger charge is -2.31. The Hall–Kier alpha value is -2.88. The highest BCUT2D eigenvalue weighted by atomic mass is 16.4. The van der Waals surface area contributed by atoms with Crippen LogP contribution in [0.3, 0.4) is 0 Å². The molecule has 0 aromatic carbocycles. The first kappa shape index (κ1) is 26.0. The van der Waals surface area contributed by atoms with E-state index in [1.807, 2.05) is 0 Å². The van der Waals surface area contributed by atoms with Crippen LogP contribution in [0.25, 0.3) is 0 Å². The molecule has 3 aliphatic rings. The van der Waals surface area contributed by atoms with Crippen LogP contribution in [-0.4, -0.2) is 0 Å². The maximum absolute atomic E-state index is 6.96. The van der Waals surface area contributed by atoms with Crippen molar-refractivity contribution >= 4 is 0 Å². The number of furan rings is 4. The van der Waals surface area contributed by atoms with Crippen molar-refractivity contribution < 1.29 is 17.7 Å². The highest BCUT2D eigenvalue weighted by Gasteiger charge is 2.49. The first-order valence-electron chi connectivity index (χ1n) is 15.9. The van der Waals surface area contributed by atoms with Gasteiger partial charge in [0.2, 0.25) is 0 Å². The molecule has 2 aliphatic carbocycles. The third kappa shape index (κ3) is 3.31. The summed E-state index contributed by atoms with van der Waals surface area (Å²) in [6, 6.07) is 17.8. The van der Waals surface area contributed by atoms with E-state index in [2.05, 4.69) is 76.2 Å². The normalized spacial score (nSPS) is 21.9. The fraction of sp³-hybridized carbons (Fsp3) is 0.556. The van der Waals surface area contributed by atoms with E-state index >= 15 is 0 Å². The van der Waals surface area contributed by atoms with Gasteiger partial charge in [-0.15, -0.1) is 0 Å². The van der Waals surface area contributed by atoms with E-state index in [1.54, 1.807) is 0 Å². The molecule has 0 unspecified atom stereocenters. The number of hydrogen-bond acceptors (Lipinski definition) is 4. The van der Waals surface area contributed by atoms with Gasteiger partial charge in [0, 0.05) is 0 Å². The minimum absolute atomic E-state index is 0.232. The average Bonchev–Trinajstić information content (AvgIpc) is 3.81. The predicted octanol–water partition coefficient (Wildman–Crippen LogP) is 10.3. The van der Waals surface area contributed by atoms with Crippen LogP contribution < -0.4 is 0 Å². The van der Waals surface area contributed by atoms with Gasteiger partial charge in [0.15, 0.2) is 0 Å². The molecule has 4 aromatic rings. The molecule has 0 amide bonds.